The maximum absolute atomic E-state index is 8.96. The summed E-state index contributed by atoms with van der Waals surface area (Å²) >= 11 is 0. The molecule has 0 spiro atoms. The molecule has 4 aromatic rings. The van der Waals surface area contributed by atoms with Gasteiger partial charge in [-0.05, 0) is 65.7 Å². The topological polar surface area (TPSA) is 61.6 Å². The summed E-state index contributed by atoms with van der Waals surface area (Å²) in [6, 6.07) is 23.8. The minimum absolute atomic E-state index is 0.640. The zero-order valence-corrected chi connectivity index (χ0v) is 14.5. The van der Waals surface area contributed by atoms with Gasteiger partial charge in [-0.1, -0.05) is 12.1 Å². The lowest BCUT2D eigenvalue weighted by atomic mass is 9.99. The zero-order valence-electron chi connectivity index (χ0n) is 14.5. The summed E-state index contributed by atoms with van der Waals surface area (Å²) < 4.78 is 0. The van der Waals surface area contributed by atoms with Gasteiger partial charge in [0.2, 0.25) is 0 Å². The molecule has 4 nitrogen and oxygen atoms in total. The van der Waals surface area contributed by atoms with E-state index in [4.69, 9.17) is 5.26 Å². The van der Waals surface area contributed by atoms with Crippen molar-refractivity contribution in [3.05, 3.63) is 97.1 Å². The third-order valence-corrected chi connectivity index (χ3v) is 4.23. The average molecular weight is 348 g/mol. The molecule has 1 N–H and O–H groups in total. The summed E-state index contributed by atoms with van der Waals surface area (Å²) in [5, 5.41) is 12.4. The number of hydrogen-bond donors (Lipinski definition) is 1. The Labute approximate surface area is 157 Å². The Hall–Kier alpha value is -3.97. The molecule has 0 unspecified atom stereocenters. The number of rotatable bonds is 4. The van der Waals surface area contributed by atoms with Crippen molar-refractivity contribution in [3.63, 3.8) is 0 Å². The molecule has 0 aliphatic heterocycles. The van der Waals surface area contributed by atoms with Gasteiger partial charge in [-0.2, -0.15) is 5.26 Å². The van der Waals surface area contributed by atoms with E-state index in [2.05, 4.69) is 39.6 Å². The van der Waals surface area contributed by atoms with Gasteiger partial charge in [0.25, 0.3) is 0 Å². The van der Waals surface area contributed by atoms with Crippen LogP contribution in [-0.4, -0.2) is 9.97 Å². The Morgan fingerprint density at radius 3 is 1.74 bits per heavy atom. The van der Waals surface area contributed by atoms with E-state index in [1.165, 1.54) is 0 Å². The predicted octanol–water partition coefficient (Wildman–Crippen LogP) is 5.43. The number of hydrogen-bond acceptors (Lipinski definition) is 4. The first-order valence-corrected chi connectivity index (χ1v) is 8.55. The van der Waals surface area contributed by atoms with Gasteiger partial charge < -0.3 is 5.32 Å². The van der Waals surface area contributed by atoms with Crippen LogP contribution in [-0.2, 0) is 0 Å². The van der Waals surface area contributed by atoms with Crippen LogP contribution >= 0.6 is 0 Å². The zero-order chi connectivity index (χ0) is 18.5. The van der Waals surface area contributed by atoms with E-state index in [0.29, 0.717) is 5.56 Å². The molecule has 0 fully saturated rings. The maximum Gasteiger partial charge on any atom is 0.0991 e. The summed E-state index contributed by atoms with van der Waals surface area (Å²) in [5.41, 5.74) is 6.76. The molecule has 0 bridgehead atoms. The standard InChI is InChI=1S/C23H16N4/c24-14-17-5-7-22(8-6-17)27-23-12-20(18-3-1-9-25-15-18)11-21(13-23)19-4-2-10-26-16-19/h1-13,15-16,27H. The second-order valence-electron chi connectivity index (χ2n) is 6.10. The lowest BCUT2D eigenvalue weighted by Gasteiger charge is -2.12. The molecular weight excluding hydrogens is 332 g/mol. The minimum Gasteiger partial charge on any atom is -0.355 e. The van der Waals surface area contributed by atoms with E-state index in [1.807, 2.05) is 48.8 Å². The Bertz CT molecular complexity index is 1030. The normalized spacial score (nSPS) is 10.2. The molecule has 27 heavy (non-hydrogen) atoms. The van der Waals surface area contributed by atoms with Crippen molar-refractivity contribution in [2.45, 2.75) is 0 Å². The van der Waals surface area contributed by atoms with Gasteiger partial charge in [-0.15, -0.1) is 0 Å². The highest BCUT2D eigenvalue weighted by molar-refractivity contribution is 5.79. The average Bonchev–Trinajstić information content (AvgIpc) is 2.75. The van der Waals surface area contributed by atoms with Crippen molar-refractivity contribution in [2.24, 2.45) is 0 Å². The molecule has 4 rings (SSSR count). The van der Waals surface area contributed by atoms with Gasteiger partial charge in [0, 0.05) is 47.3 Å². The molecule has 2 aromatic heterocycles. The highest BCUT2D eigenvalue weighted by Crippen LogP contribution is 2.31. The summed E-state index contributed by atoms with van der Waals surface area (Å²) in [6.07, 6.45) is 7.25. The Balaban J connectivity index is 1.77. The Kier molecular flexibility index (Phi) is 4.59. The molecule has 0 atom stereocenters. The van der Waals surface area contributed by atoms with E-state index < -0.39 is 0 Å². The summed E-state index contributed by atoms with van der Waals surface area (Å²) in [6.45, 7) is 0. The first-order chi connectivity index (χ1) is 13.3. The molecule has 0 radical (unpaired) electrons. The third kappa shape index (κ3) is 3.83. The van der Waals surface area contributed by atoms with E-state index in [1.54, 1.807) is 24.5 Å². The quantitative estimate of drug-likeness (QED) is 0.534. The lowest BCUT2D eigenvalue weighted by Crippen LogP contribution is -1.93. The molecule has 0 saturated heterocycles. The van der Waals surface area contributed by atoms with Crippen LogP contribution in [0.4, 0.5) is 11.4 Å². The second-order valence-corrected chi connectivity index (χ2v) is 6.10. The van der Waals surface area contributed by atoms with Crippen LogP contribution < -0.4 is 5.32 Å². The fourth-order valence-electron chi connectivity index (χ4n) is 2.89. The fraction of sp³-hybridized carbons (Fsp3) is 0. The third-order valence-electron chi connectivity index (χ3n) is 4.23. The van der Waals surface area contributed by atoms with Crippen LogP contribution in [0.25, 0.3) is 22.3 Å². The fourth-order valence-corrected chi connectivity index (χ4v) is 2.89. The van der Waals surface area contributed by atoms with Gasteiger partial charge >= 0.3 is 0 Å². The highest BCUT2D eigenvalue weighted by Gasteiger charge is 2.06. The van der Waals surface area contributed by atoms with E-state index >= 15 is 0 Å². The van der Waals surface area contributed by atoms with Crippen LogP contribution in [0, 0.1) is 11.3 Å². The highest BCUT2D eigenvalue weighted by atomic mass is 14.9. The molecule has 0 aliphatic rings. The molecular formula is C23H16N4. The van der Waals surface area contributed by atoms with Gasteiger partial charge in [-0.3, -0.25) is 9.97 Å². The SMILES string of the molecule is N#Cc1ccc(Nc2cc(-c3cccnc3)cc(-c3cccnc3)c2)cc1. The number of pyridine rings is 2. The first kappa shape index (κ1) is 16.5. The molecule has 2 aromatic carbocycles. The minimum atomic E-state index is 0.640. The van der Waals surface area contributed by atoms with E-state index in [9.17, 15) is 0 Å². The number of nitrogens with one attached hydrogen (secondary N) is 1. The van der Waals surface area contributed by atoms with Crippen molar-refractivity contribution >= 4 is 11.4 Å². The van der Waals surface area contributed by atoms with Crippen molar-refractivity contribution in [1.82, 2.24) is 9.97 Å². The number of nitrogens with zero attached hydrogens (tertiary/aromatic N) is 3. The number of anilines is 2. The van der Waals surface area contributed by atoms with Crippen molar-refractivity contribution in [1.29, 1.82) is 5.26 Å². The molecule has 0 amide bonds. The van der Waals surface area contributed by atoms with E-state index in [0.717, 1.165) is 33.6 Å². The van der Waals surface area contributed by atoms with Crippen LogP contribution in [0.1, 0.15) is 5.56 Å². The number of nitriles is 1. The molecule has 128 valence electrons. The number of aromatic nitrogens is 2. The van der Waals surface area contributed by atoms with Crippen LogP contribution in [0.2, 0.25) is 0 Å². The molecule has 0 aliphatic carbocycles. The molecule has 4 heteroatoms. The maximum atomic E-state index is 8.96. The monoisotopic (exact) mass is 348 g/mol. The van der Waals surface area contributed by atoms with Crippen LogP contribution in [0.5, 0.6) is 0 Å². The van der Waals surface area contributed by atoms with E-state index in [-0.39, 0.29) is 0 Å². The smallest absolute Gasteiger partial charge is 0.0991 e. The lowest BCUT2D eigenvalue weighted by molar-refractivity contribution is 1.32. The van der Waals surface area contributed by atoms with Crippen LogP contribution in [0.3, 0.4) is 0 Å². The summed E-state index contributed by atoms with van der Waals surface area (Å²) in [5.74, 6) is 0. The van der Waals surface area contributed by atoms with Gasteiger partial charge in [0.1, 0.15) is 0 Å². The van der Waals surface area contributed by atoms with Crippen molar-refractivity contribution in [2.75, 3.05) is 5.32 Å². The van der Waals surface area contributed by atoms with Gasteiger partial charge in [-0.25, -0.2) is 0 Å². The van der Waals surface area contributed by atoms with Crippen LogP contribution in [0.15, 0.2) is 91.5 Å². The summed E-state index contributed by atoms with van der Waals surface area (Å²) in [7, 11) is 0. The molecule has 0 saturated carbocycles. The Morgan fingerprint density at radius 2 is 1.26 bits per heavy atom. The predicted molar refractivity (Wildman–Crippen MR) is 107 cm³/mol. The van der Waals surface area contributed by atoms with Gasteiger partial charge in [0.05, 0.1) is 11.6 Å². The number of benzene rings is 2. The van der Waals surface area contributed by atoms with Crippen molar-refractivity contribution in [3.8, 4) is 28.3 Å². The second kappa shape index (κ2) is 7.51. The van der Waals surface area contributed by atoms with Crippen molar-refractivity contribution < 1.29 is 0 Å². The molecule has 2 heterocycles. The van der Waals surface area contributed by atoms with Gasteiger partial charge in [0.15, 0.2) is 0 Å². The summed E-state index contributed by atoms with van der Waals surface area (Å²) in [4.78, 5) is 8.47. The Morgan fingerprint density at radius 1 is 0.667 bits per heavy atom. The first-order valence-electron chi connectivity index (χ1n) is 8.55. The largest absolute Gasteiger partial charge is 0.355 e.